The monoisotopic (exact) mass is 451 g/mol. The zero-order valence-corrected chi connectivity index (χ0v) is 20.8. The summed E-state index contributed by atoms with van der Waals surface area (Å²) >= 11 is 0. The summed E-state index contributed by atoms with van der Waals surface area (Å²) in [7, 11) is -0.532. The van der Waals surface area contributed by atoms with E-state index in [9.17, 15) is 15.2 Å². The summed E-state index contributed by atoms with van der Waals surface area (Å²) in [6.45, 7) is 12.5. The highest BCUT2D eigenvalue weighted by molar-refractivity contribution is 6.74. The van der Waals surface area contributed by atoms with E-state index in [0.29, 0.717) is 13.0 Å². The number of ether oxygens (including phenoxy) is 2. The van der Waals surface area contributed by atoms with E-state index in [1.807, 2.05) is 31.2 Å². The molecule has 1 aliphatic carbocycles. The summed E-state index contributed by atoms with van der Waals surface area (Å²) in [6, 6.07) is 7.58. The van der Waals surface area contributed by atoms with E-state index in [4.69, 9.17) is 13.9 Å². The predicted octanol–water partition coefficient (Wildman–Crippen LogP) is 4.57. The third kappa shape index (κ3) is 6.62. The van der Waals surface area contributed by atoms with Crippen molar-refractivity contribution in [3.8, 4) is 5.75 Å². The zero-order valence-electron chi connectivity index (χ0n) is 19.8. The second-order valence-electron chi connectivity index (χ2n) is 9.84. The van der Waals surface area contributed by atoms with Crippen molar-refractivity contribution >= 4 is 8.32 Å². The third-order valence-electron chi connectivity index (χ3n) is 6.52. The predicted molar refractivity (Wildman–Crippen MR) is 123 cm³/mol. The zero-order chi connectivity index (χ0) is 23.4. The van der Waals surface area contributed by atoms with Crippen molar-refractivity contribution in [2.75, 3.05) is 13.7 Å². The second kappa shape index (κ2) is 10.2. The Morgan fingerprint density at radius 3 is 2.39 bits per heavy atom. The Morgan fingerprint density at radius 2 is 1.87 bits per heavy atom. The maximum absolute atomic E-state index is 11.2. The van der Waals surface area contributed by atoms with E-state index < -0.39 is 37.9 Å². The Labute approximate surface area is 186 Å². The van der Waals surface area contributed by atoms with Crippen LogP contribution in [0.15, 0.2) is 35.9 Å². The molecule has 174 valence electrons. The maximum atomic E-state index is 11.2. The van der Waals surface area contributed by atoms with Gasteiger partial charge in [-0.25, -0.2) is 0 Å². The Bertz CT molecular complexity index is 771. The van der Waals surface area contributed by atoms with Crippen LogP contribution >= 0.6 is 0 Å². The SMILES string of the molecule is COc1ccc(CO[C@H]2C(C)=CC[C@H](O[Si](C)(C)C(C)(C)C)[C@H]2[C@H](O)C[N+](=O)[O-])cc1. The standard InChI is InChI=1S/C23H37NO6Si/c1-16-8-13-20(30-31(6,7)23(2,3)4)21(19(25)14-24(26)27)22(16)29-15-17-9-11-18(28-5)12-10-17/h8-12,19-22,25H,13-15H2,1-7H3/t19-,20+,21-,22+/m1/s1. The molecular weight excluding hydrogens is 414 g/mol. The van der Waals surface area contributed by atoms with Crippen molar-refractivity contribution in [3.63, 3.8) is 0 Å². The highest BCUT2D eigenvalue weighted by Gasteiger charge is 2.46. The molecule has 0 aliphatic heterocycles. The van der Waals surface area contributed by atoms with Crippen LogP contribution in [-0.4, -0.2) is 50.3 Å². The minimum atomic E-state index is -2.15. The van der Waals surface area contributed by atoms with Crippen molar-refractivity contribution in [3.05, 3.63) is 51.6 Å². The molecule has 0 unspecified atom stereocenters. The molecule has 0 bridgehead atoms. The molecule has 0 fully saturated rings. The fraction of sp³-hybridized carbons (Fsp3) is 0.652. The van der Waals surface area contributed by atoms with Gasteiger partial charge in [0.1, 0.15) is 11.9 Å². The number of hydrogen-bond donors (Lipinski definition) is 1. The van der Waals surface area contributed by atoms with Gasteiger partial charge in [0.2, 0.25) is 6.54 Å². The van der Waals surface area contributed by atoms with E-state index in [2.05, 4.69) is 39.9 Å². The number of methoxy groups -OCH3 is 1. The van der Waals surface area contributed by atoms with Crippen LogP contribution in [0.2, 0.25) is 18.1 Å². The van der Waals surface area contributed by atoms with Gasteiger partial charge in [0.15, 0.2) is 8.32 Å². The third-order valence-corrected chi connectivity index (χ3v) is 11.0. The van der Waals surface area contributed by atoms with E-state index in [1.54, 1.807) is 7.11 Å². The number of hydrogen-bond acceptors (Lipinski definition) is 6. The molecule has 1 aromatic rings. The lowest BCUT2D eigenvalue weighted by Gasteiger charge is -2.45. The lowest BCUT2D eigenvalue weighted by molar-refractivity contribution is -0.493. The van der Waals surface area contributed by atoms with Gasteiger partial charge in [-0.1, -0.05) is 39.0 Å². The molecule has 1 aliphatic rings. The summed E-state index contributed by atoms with van der Waals surface area (Å²) in [4.78, 5) is 10.7. The molecule has 7 nitrogen and oxygen atoms in total. The molecule has 2 rings (SSSR count). The minimum Gasteiger partial charge on any atom is -0.497 e. The molecule has 0 amide bonds. The number of aliphatic hydroxyl groups is 1. The van der Waals surface area contributed by atoms with Crippen LogP contribution in [-0.2, 0) is 15.8 Å². The highest BCUT2D eigenvalue weighted by Crippen LogP contribution is 2.41. The van der Waals surface area contributed by atoms with E-state index >= 15 is 0 Å². The quantitative estimate of drug-likeness (QED) is 0.256. The van der Waals surface area contributed by atoms with E-state index in [1.165, 1.54) is 0 Å². The Balaban J connectivity index is 2.27. The first kappa shape index (κ1) is 25.5. The lowest BCUT2D eigenvalue weighted by atomic mass is 9.80. The van der Waals surface area contributed by atoms with Crippen LogP contribution in [0.5, 0.6) is 5.75 Å². The molecule has 0 spiro atoms. The van der Waals surface area contributed by atoms with Gasteiger partial charge in [-0.3, -0.25) is 10.1 Å². The first-order valence-electron chi connectivity index (χ1n) is 10.7. The Kier molecular flexibility index (Phi) is 8.44. The topological polar surface area (TPSA) is 91.1 Å². The molecule has 8 heteroatoms. The van der Waals surface area contributed by atoms with Gasteiger partial charge in [-0.05, 0) is 54.7 Å². The fourth-order valence-corrected chi connectivity index (χ4v) is 4.99. The molecule has 0 saturated heterocycles. The van der Waals surface area contributed by atoms with Gasteiger partial charge < -0.3 is 19.0 Å². The van der Waals surface area contributed by atoms with Gasteiger partial charge >= 0.3 is 0 Å². The first-order valence-corrected chi connectivity index (χ1v) is 13.7. The normalized spacial score (nSPS) is 23.2. The second-order valence-corrected chi connectivity index (χ2v) is 14.6. The maximum Gasteiger partial charge on any atom is 0.229 e. The number of benzene rings is 1. The van der Waals surface area contributed by atoms with Crippen LogP contribution in [0.3, 0.4) is 0 Å². The van der Waals surface area contributed by atoms with Crippen LogP contribution in [0.4, 0.5) is 0 Å². The molecule has 1 N–H and O–H groups in total. The molecule has 0 radical (unpaired) electrons. The molecule has 0 heterocycles. The van der Waals surface area contributed by atoms with Gasteiger partial charge in [0, 0.05) is 10.8 Å². The summed E-state index contributed by atoms with van der Waals surface area (Å²) in [6.07, 6.45) is 0.738. The molecule has 4 atom stereocenters. The molecule has 1 aromatic carbocycles. The van der Waals surface area contributed by atoms with Crippen molar-refractivity contribution in [1.29, 1.82) is 0 Å². The van der Waals surface area contributed by atoms with E-state index in [-0.39, 0.29) is 11.1 Å². The smallest absolute Gasteiger partial charge is 0.229 e. The van der Waals surface area contributed by atoms with Crippen LogP contribution in [0.25, 0.3) is 0 Å². The van der Waals surface area contributed by atoms with Gasteiger partial charge in [-0.2, -0.15) is 0 Å². The highest BCUT2D eigenvalue weighted by atomic mass is 28.4. The van der Waals surface area contributed by atoms with Crippen molar-refractivity contribution < 1.29 is 23.9 Å². The summed E-state index contributed by atoms with van der Waals surface area (Å²) < 4.78 is 18.1. The van der Waals surface area contributed by atoms with Crippen molar-refractivity contribution in [2.45, 2.75) is 77.2 Å². The number of rotatable bonds is 9. The molecule has 31 heavy (non-hydrogen) atoms. The summed E-state index contributed by atoms with van der Waals surface area (Å²) in [5.74, 6) is 0.252. The van der Waals surface area contributed by atoms with Gasteiger partial charge in [0.05, 0.1) is 25.9 Å². The lowest BCUT2D eigenvalue weighted by Crippen LogP contribution is -2.53. The van der Waals surface area contributed by atoms with Gasteiger partial charge in [0.25, 0.3) is 0 Å². The van der Waals surface area contributed by atoms with Crippen LogP contribution < -0.4 is 4.74 Å². The number of nitro groups is 1. The summed E-state index contributed by atoms with van der Waals surface area (Å²) in [5.41, 5.74) is 1.93. The van der Waals surface area contributed by atoms with Crippen molar-refractivity contribution in [2.24, 2.45) is 5.92 Å². The molecule has 0 saturated carbocycles. The number of aliphatic hydroxyl groups excluding tert-OH is 1. The number of nitrogens with zero attached hydrogens (tertiary/aromatic N) is 1. The molecular formula is C23H37NO6Si. The van der Waals surface area contributed by atoms with Crippen molar-refractivity contribution in [1.82, 2.24) is 0 Å². The largest absolute Gasteiger partial charge is 0.497 e. The van der Waals surface area contributed by atoms with Crippen LogP contribution in [0.1, 0.15) is 39.7 Å². The van der Waals surface area contributed by atoms with E-state index in [0.717, 1.165) is 16.9 Å². The average Bonchev–Trinajstić information content (AvgIpc) is 2.66. The van der Waals surface area contributed by atoms with Gasteiger partial charge in [-0.15, -0.1) is 0 Å². The Morgan fingerprint density at radius 1 is 1.26 bits per heavy atom. The molecule has 0 aromatic heterocycles. The minimum absolute atomic E-state index is 0.0126. The Hall–Kier alpha value is -1.74. The first-order chi connectivity index (χ1) is 14.4. The average molecular weight is 452 g/mol. The van der Waals surface area contributed by atoms with Crippen LogP contribution in [0, 0.1) is 16.0 Å². The fourth-order valence-electron chi connectivity index (χ4n) is 3.63. The summed E-state index contributed by atoms with van der Waals surface area (Å²) in [5, 5.41) is 22.0.